The first-order valence-corrected chi connectivity index (χ1v) is 4.72. The number of hydrogen-bond acceptors (Lipinski definition) is 2. The zero-order chi connectivity index (χ0) is 10.2. The average Bonchev–Trinajstić information content (AvgIpc) is 2.25. The van der Waals surface area contributed by atoms with Crippen molar-refractivity contribution in [2.75, 3.05) is 0 Å². The zero-order valence-electron chi connectivity index (χ0n) is 8.25. The molecule has 0 fully saturated rings. The van der Waals surface area contributed by atoms with Crippen molar-refractivity contribution < 1.29 is 0 Å². The predicted molar refractivity (Wildman–Crippen MR) is 55.4 cm³/mol. The van der Waals surface area contributed by atoms with Gasteiger partial charge in [-0.1, -0.05) is 25.2 Å². The van der Waals surface area contributed by atoms with Crippen LogP contribution in [0.4, 0.5) is 0 Å². The molecule has 1 heterocycles. The van der Waals surface area contributed by atoms with Crippen molar-refractivity contribution in [2.45, 2.75) is 26.2 Å². The van der Waals surface area contributed by atoms with E-state index in [4.69, 9.17) is 5.26 Å². The van der Waals surface area contributed by atoms with E-state index in [1.54, 1.807) is 12.3 Å². The molecule has 70 valence electrons. The maximum absolute atomic E-state index is 8.74. The van der Waals surface area contributed by atoms with Gasteiger partial charge in [-0.15, -0.1) is 0 Å². The maximum atomic E-state index is 8.74. The van der Waals surface area contributed by atoms with Crippen molar-refractivity contribution in [3.63, 3.8) is 0 Å². The van der Waals surface area contributed by atoms with Gasteiger partial charge >= 0.3 is 0 Å². The van der Waals surface area contributed by atoms with Crippen LogP contribution in [0, 0.1) is 23.2 Å². The van der Waals surface area contributed by atoms with Gasteiger partial charge in [-0.05, 0) is 18.6 Å². The molecular formula is C12H12N2. The van der Waals surface area contributed by atoms with E-state index in [9.17, 15) is 0 Å². The minimum absolute atomic E-state index is 0.413. The van der Waals surface area contributed by atoms with Crippen LogP contribution in [-0.2, 0) is 0 Å². The van der Waals surface area contributed by atoms with E-state index in [0.717, 1.165) is 24.8 Å². The minimum Gasteiger partial charge on any atom is -0.244 e. The Bertz CT molecular complexity index is 391. The molecule has 0 aliphatic heterocycles. The molecule has 0 saturated carbocycles. The van der Waals surface area contributed by atoms with Crippen LogP contribution < -0.4 is 0 Å². The summed E-state index contributed by atoms with van der Waals surface area (Å²) >= 11 is 0. The smallest absolute Gasteiger partial charge is 0.156 e. The molecule has 0 unspecified atom stereocenters. The van der Waals surface area contributed by atoms with Gasteiger partial charge in [0.25, 0.3) is 0 Å². The van der Waals surface area contributed by atoms with Gasteiger partial charge in [0.1, 0.15) is 6.07 Å². The third-order valence-corrected chi connectivity index (χ3v) is 1.79. The quantitative estimate of drug-likeness (QED) is 0.523. The zero-order valence-corrected chi connectivity index (χ0v) is 8.25. The summed E-state index contributed by atoms with van der Waals surface area (Å²) in [7, 11) is 0. The van der Waals surface area contributed by atoms with Gasteiger partial charge in [-0.25, -0.2) is 4.98 Å². The Morgan fingerprint density at radius 1 is 1.50 bits per heavy atom. The van der Waals surface area contributed by atoms with Gasteiger partial charge < -0.3 is 0 Å². The molecule has 14 heavy (non-hydrogen) atoms. The minimum atomic E-state index is 0.413. The SMILES string of the molecule is CCCCC#Cc1cccnc1C#N. The van der Waals surface area contributed by atoms with Gasteiger partial charge in [-0.2, -0.15) is 5.26 Å². The maximum Gasteiger partial charge on any atom is 0.156 e. The number of pyridine rings is 1. The lowest BCUT2D eigenvalue weighted by Gasteiger charge is -1.91. The van der Waals surface area contributed by atoms with E-state index in [1.165, 1.54) is 0 Å². The Kier molecular flexibility index (Phi) is 4.24. The molecule has 0 aliphatic rings. The fourth-order valence-corrected chi connectivity index (χ4v) is 1.02. The first kappa shape index (κ1) is 10.3. The molecule has 0 atom stereocenters. The third-order valence-electron chi connectivity index (χ3n) is 1.79. The second-order valence-electron chi connectivity index (χ2n) is 2.92. The van der Waals surface area contributed by atoms with Crippen LogP contribution >= 0.6 is 0 Å². The van der Waals surface area contributed by atoms with Crippen molar-refractivity contribution in [1.82, 2.24) is 4.98 Å². The lowest BCUT2D eigenvalue weighted by atomic mass is 10.2. The molecular weight excluding hydrogens is 172 g/mol. The monoisotopic (exact) mass is 184 g/mol. The fraction of sp³-hybridized carbons (Fsp3) is 0.333. The molecule has 0 aromatic carbocycles. The fourth-order valence-electron chi connectivity index (χ4n) is 1.02. The summed E-state index contributed by atoms with van der Waals surface area (Å²) in [4.78, 5) is 3.93. The van der Waals surface area contributed by atoms with E-state index < -0.39 is 0 Å². The van der Waals surface area contributed by atoms with Crippen LogP contribution in [0.3, 0.4) is 0 Å². The first-order valence-electron chi connectivity index (χ1n) is 4.72. The molecule has 0 aliphatic carbocycles. The number of nitriles is 1. The Morgan fingerprint density at radius 2 is 2.36 bits per heavy atom. The van der Waals surface area contributed by atoms with Gasteiger partial charge in [0.2, 0.25) is 0 Å². The number of nitrogens with zero attached hydrogens (tertiary/aromatic N) is 2. The highest BCUT2D eigenvalue weighted by atomic mass is 14.7. The number of rotatable bonds is 2. The summed E-state index contributed by atoms with van der Waals surface area (Å²) in [5.41, 5.74) is 1.14. The van der Waals surface area contributed by atoms with Crippen LogP contribution in [0.1, 0.15) is 37.4 Å². The highest BCUT2D eigenvalue weighted by Crippen LogP contribution is 2.01. The van der Waals surface area contributed by atoms with Crippen LogP contribution in [0.5, 0.6) is 0 Å². The summed E-state index contributed by atoms with van der Waals surface area (Å²) in [5, 5.41) is 8.74. The van der Waals surface area contributed by atoms with Crippen LogP contribution in [0.25, 0.3) is 0 Å². The van der Waals surface area contributed by atoms with Crippen molar-refractivity contribution in [3.05, 3.63) is 29.6 Å². The van der Waals surface area contributed by atoms with Crippen molar-refractivity contribution in [1.29, 1.82) is 5.26 Å². The summed E-state index contributed by atoms with van der Waals surface area (Å²) in [6.45, 7) is 2.13. The Balaban J connectivity index is 2.74. The van der Waals surface area contributed by atoms with Crippen LogP contribution in [0.15, 0.2) is 18.3 Å². The molecule has 2 heteroatoms. The highest BCUT2D eigenvalue weighted by Gasteiger charge is 1.96. The van der Waals surface area contributed by atoms with Gasteiger partial charge in [0.15, 0.2) is 5.69 Å². The molecule has 0 N–H and O–H groups in total. The lowest BCUT2D eigenvalue weighted by Crippen LogP contribution is -1.86. The van der Waals surface area contributed by atoms with Crippen molar-refractivity contribution in [2.24, 2.45) is 0 Å². The van der Waals surface area contributed by atoms with E-state index in [2.05, 4.69) is 23.7 Å². The number of aromatic nitrogens is 1. The van der Waals surface area contributed by atoms with Crippen molar-refractivity contribution >= 4 is 0 Å². The average molecular weight is 184 g/mol. The van der Waals surface area contributed by atoms with Gasteiger partial charge in [0.05, 0.1) is 5.56 Å². The molecule has 0 saturated heterocycles. The lowest BCUT2D eigenvalue weighted by molar-refractivity contribution is 0.828. The van der Waals surface area contributed by atoms with Gasteiger partial charge in [0, 0.05) is 12.6 Å². The molecule has 0 amide bonds. The van der Waals surface area contributed by atoms with Crippen LogP contribution in [-0.4, -0.2) is 4.98 Å². The predicted octanol–water partition coefficient (Wildman–Crippen LogP) is 2.49. The Labute approximate surface area is 84.6 Å². The molecule has 2 nitrogen and oxygen atoms in total. The summed E-state index contributed by atoms with van der Waals surface area (Å²) in [6.07, 6.45) is 4.74. The van der Waals surface area contributed by atoms with E-state index in [1.807, 2.05) is 12.1 Å². The summed E-state index contributed by atoms with van der Waals surface area (Å²) < 4.78 is 0. The van der Waals surface area contributed by atoms with Crippen molar-refractivity contribution in [3.8, 4) is 17.9 Å². The largest absolute Gasteiger partial charge is 0.244 e. The van der Waals surface area contributed by atoms with Crippen LogP contribution in [0.2, 0.25) is 0 Å². The molecule has 0 spiro atoms. The number of unbranched alkanes of at least 4 members (excludes halogenated alkanes) is 2. The molecule has 1 rings (SSSR count). The van der Waals surface area contributed by atoms with E-state index in [-0.39, 0.29) is 0 Å². The molecule has 1 aromatic heterocycles. The molecule has 0 bridgehead atoms. The van der Waals surface area contributed by atoms with E-state index in [0.29, 0.717) is 5.69 Å². The summed E-state index contributed by atoms with van der Waals surface area (Å²) in [6, 6.07) is 5.64. The highest BCUT2D eigenvalue weighted by molar-refractivity contribution is 5.43. The Hall–Kier alpha value is -1.80. The third kappa shape index (κ3) is 2.92. The first-order chi connectivity index (χ1) is 6.88. The number of hydrogen-bond donors (Lipinski definition) is 0. The normalized spacial score (nSPS) is 8.57. The second kappa shape index (κ2) is 5.78. The standard InChI is InChI=1S/C12H12N2/c1-2-3-4-5-7-11-8-6-9-14-12(11)10-13/h6,8-9H,2-4H2,1H3. The second-order valence-corrected chi connectivity index (χ2v) is 2.92. The Morgan fingerprint density at radius 3 is 3.07 bits per heavy atom. The van der Waals surface area contributed by atoms with E-state index >= 15 is 0 Å². The summed E-state index contributed by atoms with van der Waals surface area (Å²) in [5.74, 6) is 6.00. The molecule has 0 radical (unpaired) electrons. The van der Waals surface area contributed by atoms with Gasteiger partial charge in [-0.3, -0.25) is 0 Å². The molecule has 1 aromatic rings. The topological polar surface area (TPSA) is 36.7 Å².